The Morgan fingerprint density at radius 1 is 0.229 bits per heavy atom. The molecule has 0 saturated carbocycles. The van der Waals surface area contributed by atoms with Gasteiger partial charge < -0.3 is 129 Å². The highest BCUT2D eigenvalue weighted by Crippen LogP contribution is 1.92. The maximum atomic E-state index is 11.2. The maximum absolute atomic E-state index is 11.2. The fraction of sp³-hybridized carbons (Fsp3) is 0.963. The van der Waals surface area contributed by atoms with Gasteiger partial charge in [0.2, 0.25) is 5.91 Å². The second kappa shape index (κ2) is 76.0. The summed E-state index contributed by atoms with van der Waals surface area (Å²) in [5.74, 6) is -1.05. The molecule has 29 heteroatoms. The number of methoxy groups -OCH3 is 1. The van der Waals surface area contributed by atoms with E-state index in [0.29, 0.717) is 317 Å². The molecular formula is C54H107NO28. The number of hydrogen-bond acceptors (Lipinski definition) is 27. The van der Waals surface area contributed by atoms with E-state index in [1.165, 1.54) is 7.11 Å². The summed E-state index contributed by atoms with van der Waals surface area (Å²) in [4.78, 5) is 21.6. The molecule has 0 aromatic heterocycles. The van der Waals surface area contributed by atoms with Crippen LogP contribution in [0.2, 0.25) is 0 Å². The summed E-state index contributed by atoms with van der Waals surface area (Å²) in [7, 11) is 1.47. The highest BCUT2D eigenvalue weighted by Gasteiger charge is 2.02. The quantitative estimate of drug-likeness (QED) is 0.0734. The molecule has 496 valence electrons. The third kappa shape index (κ3) is 77.9. The van der Waals surface area contributed by atoms with Crippen LogP contribution in [0.1, 0.15) is 6.42 Å². The van der Waals surface area contributed by atoms with E-state index in [4.69, 9.17) is 124 Å². The Labute approximate surface area is 493 Å². The molecule has 29 nitrogen and oxygen atoms in total. The van der Waals surface area contributed by atoms with Gasteiger partial charge >= 0.3 is 5.97 Å². The zero-order valence-electron chi connectivity index (χ0n) is 50.0. The number of aliphatic carboxylic acids is 1. The van der Waals surface area contributed by atoms with Crippen molar-refractivity contribution in [1.29, 1.82) is 0 Å². The highest BCUT2D eigenvalue weighted by atomic mass is 16.6. The molecule has 0 saturated heterocycles. The van der Waals surface area contributed by atoms with Crippen LogP contribution in [-0.4, -0.2) is 354 Å². The standard InChI is InChI=1S/C54H107NO28/c1-59-52-53(56)55-3-5-61-7-9-63-11-13-65-15-17-67-19-21-69-23-25-71-27-29-73-31-33-75-35-37-77-39-41-79-43-45-81-47-49-83-51-50-82-48-46-80-44-42-78-40-38-76-36-34-74-32-30-72-28-26-70-24-22-68-20-18-66-16-14-64-12-10-62-8-6-60-4-2-54(57)58/h2-52H2,1H3,(H,55,56)(H,57,58). The molecule has 0 radical (unpaired) electrons. The van der Waals surface area contributed by atoms with E-state index < -0.39 is 5.97 Å². The van der Waals surface area contributed by atoms with Crippen molar-refractivity contribution in [2.24, 2.45) is 0 Å². The third-order valence-electron chi connectivity index (χ3n) is 9.86. The number of carbonyl (C=O) groups excluding carboxylic acids is 1. The molecule has 0 heterocycles. The lowest BCUT2D eigenvalue weighted by atomic mass is 10.5. The molecule has 0 aliphatic carbocycles. The molecule has 0 fully saturated rings. The van der Waals surface area contributed by atoms with E-state index in [0.717, 1.165) is 0 Å². The first-order chi connectivity index (χ1) is 41.2. The van der Waals surface area contributed by atoms with Crippen molar-refractivity contribution in [2.75, 3.05) is 337 Å². The van der Waals surface area contributed by atoms with Crippen LogP contribution in [0.25, 0.3) is 0 Å². The van der Waals surface area contributed by atoms with Gasteiger partial charge in [0, 0.05) is 13.7 Å². The van der Waals surface area contributed by atoms with Crippen molar-refractivity contribution >= 4 is 11.9 Å². The summed E-state index contributed by atoms with van der Waals surface area (Å²) in [6.45, 7) is 22.7. The minimum Gasteiger partial charge on any atom is -0.481 e. The summed E-state index contributed by atoms with van der Waals surface area (Å²) in [5, 5.41) is 11.2. The Bertz CT molecular complexity index is 1230. The number of rotatable bonds is 77. The zero-order valence-corrected chi connectivity index (χ0v) is 50.0. The van der Waals surface area contributed by atoms with Crippen LogP contribution in [0.15, 0.2) is 0 Å². The molecule has 0 aliphatic heterocycles. The lowest BCUT2D eigenvalue weighted by Gasteiger charge is -2.09. The van der Waals surface area contributed by atoms with Crippen molar-refractivity contribution in [1.82, 2.24) is 5.32 Å². The van der Waals surface area contributed by atoms with E-state index >= 15 is 0 Å². The van der Waals surface area contributed by atoms with Gasteiger partial charge in [-0.2, -0.15) is 0 Å². The zero-order chi connectivity index (χ0) is 59.6. The van der Waals surface area contributed by atoms with Gasteiger partial charge in [0.1, 0.15) is 6.61 Å². The molecule has 0 bridgehead atoms. The van der Waals surface area contributed by atoms with Crippen molar-refractivity contribution in [2.45, 2.75) is 6.42 Å². The van der Waals surface area contributed by atoms with Gasteiger partial charge in [-0.05, 0) is 0 Å². The SMILES string of the molecule is COCC(=O)NCCOCCOCCOCCOCCOCCOCCOCCOCCOCCOCCOCCOCCOCCOCCOCCOCCOCCOCCOCCOCCOCCOCCOCCOCCC(=O)O. The topological polar surface area (TPSA) is 297 Å². The fourth-order valence-electron chi connectivity index (χ4n) is 5.76. The van der Waals surface area contributed by atoms with E-state index in [9.17, 15) is 9.59 Å². The molecule has 0 unspecified atom stereocenters. The number of carboxylic acid groups (broad SMARTS) is 1. The van der Waals surface area contributed by atoms with Gasteiger partial charge in [0.05, 0.1) is 324 Å². The molecule has 0 atom stereocenters. The van der Waals surface area contributed by atoms with Gasteiger partial charge in [-0.25, -0.2) is 0 Å². The van der Waals surface area contributed by atoms with Gasteiger partial charge in [0.25, 0.3) is 0 Å². The predicted octanol–water partition coefficient (Wildman–Crippen LogP) is -0.378. The Kier molecular flexibility index (Phi) is 74.2. The number of carbonyl (C=O) groups is 2. The third-order valence-corrected chi connectivity index (χ3v) is 9.86. The lowest BCUT2D eigenvalue weighted by Crippen LogP contribution is -2.30. The van der Waals surface area contributed by atoms with Crippen LogP contribution >= 0.6 is 0 Å². The molecule has 0 aromatic rings. The second-order valence-electron chi connectivity index (χ2n) is 16.6. The predicted molar refractivity (Wildman–Crippen MR) is 297 cm³/mol. The van der Waals surface area contributed by atoms with Gasteiger partial charge in [-0.15, -0.1) is 0 Å². The lowest BCUT2D eigenvalue weighted by molar-refractivity contribution is -0.138. The van der Waals surface area contributed by atoms with E-state index in [-0.39, 0.29) is 25.5 Å². The number of carboxylic acids is 1. The normalized spacial score (nSPS) is 11.6. The number of nitrogens with one attached hydrogen (secondary N) is 1. The fourth-order valence-corrected chi connectivity index (χ4v) is 5.76. The van der Waals surface area contributed by atoms with Crippen molar-refractivity contribution in [3.05, 3.63) is 0 Å². The van der Waals surface area contributed by atoms with Crippen LogP contribution in [-0.2, 0) is 128 Å². The monoisotopic (exact) mass is 1220 g/mol. The smallest absolute Gasteiger partial charge is 0.305 e. The van der Waals surface area contributed by atoms with Crippen LogP contribution in [0.4, 0.5) is 0 Å². The largest absolute Gasteiger partial charge is 0.481 e. The van der Waals surface area contributed by atoms with E-state index in [2.05, 4.69) is 5.32 Å². The Hall–Kier alpha value is -2.06. The average molecular weight is 1220 g/mol. The summed E-state index contributed by atoms with van der Waals surface area (Å²) >= 11 is 0. The summed E-state index contributed by atoms with van der Waals surface area (Å²) < 4.78 is 136. The van der Waals surface area contributed by atoms with Crippen molar-refractivity contribution in [3.63, 3.8) is 0 Å². The molecule has 0 spiro atoms. The molecule has 1 amide bonds. The number of ether oxygens (including phenoxy) is 25. The van der Waals surface area contributed by atoms with E-state index in [1.807, 2.05) is 0 Å². The molecule has 83 heavy (non-hydrogen) atoms. The van der Waals surface area contributed by atoms with Crippen LogP contribution in [0, 0.1) is 0 Å². The minimum atomic E-state index is -0.881. The molecule has 0 aliphatic rings. The minimum absolute atomic E-state index is 0.0108. The van der Waals surface area contributed by atoms with Gasteiger partial charge in [0.15, 0.2) is 0 Å². The second-order valence-corrected chi connectivity index (χ2v) is 16.6. The van der Waals surface area contributed by atoms with Gasteiger partial charge in [-0.3, -0.25) is 9.59 Å². The Morgan fingerprint density at radius 3 is 0.494 bits per heavy atom. The Morgan fingerprint density at radius 2 is 0.361 bits per heavy atom. The first-order valence-electron chi connectivity index (χ1n) is 29.0. The molecule has 2 N–H and O–H groups in total. The maximum Gasteiger partial charge on any atom is 0.305 e. The first-order valence-corrected chi connectivity index (χ1v) is 29.0. The Balaban J connectivity index is 3.09. The summed E-state index contributed by atoms with van der Waals surface area (Å²) in [6, 6.07) is 0. The molecule has 0 rings (SSSR count). The van der Waals surface area contributed by atoms with E-state index in [1.54, 1.807) is 0 Å². The number of hydrogen-bond donors (Lipinski definition) is 2. The molecule has 0 aromatic carbocycles. The van der Waals surface area contributed by atoms with Crippen molar-refractivity contribution in [3.8, 4) is 0 Å². The highest BCUT2D eigenvalue weighted by molar-refractivity contribution is 5.77. The number of amides is 1. The van der Waals surface area contributed by atoms with Crippen molar-refractivity contribution < 1.29 is 133 Å². The molecular weight excluding hydrogens is 1110 g/mol. The van der Waals surface area contributed by atoms with Crippen LogP contribution in [0.3, 0.4) is 0 Å². The first kappa shape index (κ1) is 80.9. The van der Waals surface area contributed by atoms with Gasteiger partial charge in [-0.1, -0.05) is 0 Å². The average Bonchev–Trinajstić information content (AvgIpc) is 3.48. The van der Waals surface area contributed by atoms with Crippen LogP contribution in [0.5, 0.6) is 0 Å². The van der Waals surface area contributed by atoms with Crippen LogP contribution < -0.4 is 5.32 Å². The summed E-state index contributed by atoms with van der Waals surface area (Å²) in [6.07, 6.45) is -0.0108. The summed E-state index contributed by atoms with van der Waals surface area (Å²) in [5.41, 5.74) is 0.